The molecule has 0 aliphatic rings. The van der Waals surface area contributed by atoms with Crippen molar-refractivity contribution in [2.24, 2.45) is 11.7 Å². The highest BCUT2D eigenvalue weighted by atomic mass is 79.9. The van der Waals surface area contributed by atoms with E-state index in [1.807, 2.05) is 6.92 Å². The van der Waals surface area contributed by atoms with Crippen molar-refractivity contribution in [3.63, 3.8) is 0 Å². The van der Waals surface area contributed by atoms with Crippen molar-refractivity contribution in [2.75, 3.05) is 18.0 Å². The molecule has 0 aliphatic heterocycles. The average Bonchev–Trinajstić information content (AvgIpc) is 2.24. The lowest BCUT2D eigenvalue weighted by molar-refractivity contribution is 0.618. The van der Waals surface area contributed by atoms with Crippen LogP contribution in [0.25, 0.3) is 0 Å². The minimum Gasteiger partial charge on any atom is -0.372 e. The van der Waals surface area contributed by atoms with E-state index >= 15 is 0 Å². The van der Waals surface area contributed by atoms with Crippen LogP contribution >= 0.6 is 15.9 Å². The Balaban J connectivity index is 2.94. The van der Waals surface area contributed by atoms with Gasteiger partial charge in [-0.25, -0.2) is 0 Å². The van der Waals surface area contributed by atoms with Gasteiger partial charge in [-0.05, 0) is 37.5 Å². The summed E-state index contributed by atoms with van der Waals surface area (Å²) < 4.78 is 1.10. The van der Waals surface area contributed by atoms with E-state index in [0.717, 1.165) is 23.1 Å². The summed E-state index contributed by atoms with van der Waals surface area (Å²) in [6.45, 7) is 10.8. The molecule has 0 radical (unpaired) electrons. The van der Waals surface area contributed by atoms with Gasteiger partial charge < -0.3 is 10.6 Å². The number of hydrogen-bond acceptors (Lipinski definition) is 2. The van der Waals surface area contributed by atoms with E-state index in [4.69, 9.17) is 5.73 Å². The minimum atomic E-state index is 0.0681. The topological polar surface area (TPSA) is 29.3 Å². The van der Waals surface area contributed by atoms with E-state index in [9.17, 15) is 0 Å². The second-order valence-corrected chi connectivity index (χ2v) is 5.78. The van der Waals surface area contributed by atoms with Crippen molar-refractivity contribution in [1.82, 2.24) is 0 Å². The van der Waals surface area contributed by atoms with E-state index in [0.29, 0.717) is 5.92 Å². The highest BCUT2D eigenvalue weighted by Gasteiger charge is 2.10. The fourth-order valence-corrected chi connectivity index (χ4v) is 2.67. The number of hydrogen-bond donors (Lipinski definition) is 1. The summed E-state index contributed by atoms with van der Waals surface area (Å²) in [5, 5.41) is 0. The predicted octanol–water partition coefficient (Wildman–Crippen LogP) is 3.95. The maximum Gasteiger partial charge on any atom is 0.0377 e. The van der Waals surface area contributed by atoms with Crippen LogP contribution in [0, 0.1) is 5.92 Å². The third-order valence-electron chi connectivity index (χ3n) is 2.81. The van der Waals surface area contributed by atoms with Crippen LogP contribution in [0.1, 0.15) is 39.3 Å². The Hall–Kier alpha value is -0.540. The van der Waals surface area contributed by atoms with Crippen LogP contribution < -0.4 is 10.6 Å². The van der Waals surface area contributed by atoms with Crippen molar-refractivity contribution in [3.05, 3.63) is 28.2 Å². The maximum absolute atomic E-state index is 5.91. The third kappa shape index (κ3) is 4.00. The van der Waals surface area contributed by atoms with Gasteiger partial charge in [0.15, 0.2) is 0 Å². The zero-order valence-corrected chi connectivity index (χ0v) is 12.8. The predicted molar refractivity (Wildman–Crippen MR) is 79.5 cm³/mol. The summed E-state index contributed by atoms with van der Waals surface area (Å²) in [5.74, 6) is 0.668. The molecule has 0 aromatic heterocycles. The second-order valence-electron chi connectivity index (χ2n) is 4.93. The van der Waals surface area contributed by atoms with Gasteiger partial charge in [0.25, 0.3) is 0 Å². The third-order valence-corrected chi connectivity index (χ3v) is 3.49. The first-order valence-corrected chi connectivity index (χ1v) is 7.05. The molecule has 0 spiro atoms. The molecule has 1 aromatic rings. The first kappa shape index (κ1) is 14.5. The standard InChI is InChI=1S/C14H23BrN2/c1-5-17(9-10(2)3)12-6-7-13(11(4)16)14(15)8-12/h6-8,10-11H,5,9,16H2,1-4H3. The molecule has 1 rings (SSSR count). The first-order valence-electron chi connectivity index (χ1n) is 6.25. The van der Waals surface area contributed by atoms with Crippen LogP contribution in [0.15, 0.2) is 22.7 Å². The van der Waals surface area contributed by atoms with Crippen molar-refractivity contribution in [2.45, 2.75) is 33.7 Å². The van der Waals surface area contributed by atoms with Crippen molar-refractivity contribution in [1.29, 1.82) is 0 Å². The SMILES string of the molecule is CCN(CC(C)C)c1ccc(C(C)N)c(Br)c1. The van der Waals surface area contributed by atoms with E-state index in [-0.39, 0.29) is 6.04 Å². The Kier molecular flexibility index (Phi) is 5.47. The van der Waals surface area contributed by atoms with Crippen LogP contribution in [0.2, 0.25) is 0 Å². The molecule has 0 aliphatic carbocycles. The molecule has 1 atom stereocenters. The molecule has 0 amide bonds. The van der Waals surface area contributed by atoms with Gasteiger partial charge >= 0.3 is 0 Å². The highest BCUT2D eigenvalue weighted by molar-refractivity contribution is 9.10. The summed E-state index contributed by atoms with van der Waals surface area (Å²) in [6.07, 6.45) is 0. The fourth-order valence-electron chi connectivity index (χ4n) is 1.94. The molecule has 17 heavy (non-hydrogen) atoms. The Bertz CT molecular complexity index is 361. The van der Waals surface area contributed by atoms with Gasteiger partial charge in [0.1, 0.15) is 0 Å². The zero-order chi connectivity index (χ0) is 13.0. The van der Waals surface area contributed by atoms with Crippen LogP contribution in [0.3, 0.4) is 0 Å². The lowest BCUT2D eigenvalue weighted by Gasteiger charge is -2.26. The quantitative estimate of drug-likeness (QED) is 0.892. The molecule has 0 saturated carbocycles. The number of rotatable bonds is 5. The molecule has 0 bridgehead atoms. The summed E-state index contributed by atoms with van der Waals surface area (Å²) in [6, 6.07) is 6.52. The van der Waals surface area contributed by atoms with Crippen LogP contribution in [-0.2, 0) is 0 Å². The van der Waals surface area contributed by atoms with Crippen LogP contribution in [0.4, 0.5) is 5.69 Å². The van der Waals surface area contributed by atoms with Gasteiger partial charge in [0.2, 0.25) is 0 Å². The molecule has 0 saturated heterocycles. The van der Waals surface area contributed by atoms with Gasteiger partial charge in [-0.1, -0.05) is 35.8 Å². The molecule has 2 nitrogen and oxygen atoms in total. The molecule has 1 aromatic carbocycles. The van der Waals surface area contributed by atoms with Gasteiger partial charge in [-0.2, -0.15) is 0 Å². The first-order chi connectivity index (χ1) is 7.95. The van der Waals surface area contributed by atoms with Crippen molar-refractivity contribution < 1.29 is 0 Å². The molecule has 1 unspecified atom stereocenters. The normalized spacial score (nSPS) is 12.9. The molecule has 3 heteroatoms. The van der Waals surface area contributed by atoms with Gasteiger partial charge in [0.05, 0.1) is 0 Å². The van der Waals surface area contributed by atoms with Crippen LogP contribution in [0.5, 0.6) is 0 Å². The zero-order valence-electron chi connectivity index (χ0n) is 11.2. The molecular weight excluding hydrogens is 276 g/mol. The maximum atomic E-state index is 5.91. The Morgan fingerprint density at radius 3 is 2.35 bits per heavy atom. The summed E-state index contributed by atoms with van der Waals surface area (Å²) in [4.78, 5) is 2.39. The number of halogens is 1. The van der Waals surface area contributed by atoms with Gasteiger partial charge in [-0.3, -0.25) is 0 Å². The fraction of sp³-hybridized carbons (Fsp3) is 0.571. The van der Waals surface area contributed by atoms with E-state index in [1.165, 1.54) is 5.69 Å². The largest absolute Gasteiger partial charge is 0.372 e. The molecule has 0 heterocycles. The van der Waals surface area contributed by atoms with E-state index in [2.05, 4.69) is 59.8 Å². The number of anilines is 1. The van der Waals surface area contributed by atoms with E-state index in [1.54, 1.807) is 0 Å². The monoisotopic (exact) mass is 298 g/mol. The molecular formula is C14H23BrN2. The van der Waals surface area contributed by atoms with Crippen molar-refractivity contribution in [3.8, 4) is 0 Å². The summed E-state index contributed by atoms with van der Waals surface area (Å²) in [7, 11) is 0. The minimum absolute atomic E-state index is 0.0681. The average molecular weight is 299 g/mol. The van der Waals surface area contributed by atoms with Crippen LogP contribution in [-0.4, -0.2) is 13.1 Å². The molecule has 96 valence electrons. The summed E-state index contributed by atoms with van der Waals surface area (Å²) >= 11 is 3.60. The van der Waals surface area contributed by atoms with Gasteiger partial charge in [-0.15, -0.1) is 0 Å². The highest BCUT2D eigenvalue weighted by Crippen LogP contribution is 2.27. The lowest BCUT2D eigenvalue weighted by atomic mass is 10.1. The number of nitrogens with zero attached hydrogens (tertiary/aromatic N) is 1. The molecule has 0 fully saturated rings. The Labute approximate surface area is 113 Å². The van der Waals surface area contributed by atoms with E-state index < -0.39 is 0 Å². The van der Waals surface area contributed by atoms with Gasteiger partial charge in [0, 0.05) is 29.3 Å². The molecule has 2 N–H and O–H groups in total. The Morgan fingerprint density at radius 2 is 1.94 bits per heavy atom. The summed E-state index contributed by atoms with van der Waals surface area (Å²) in [5.41, 5.74) is 8.33. The second kappa shape index (κ2) is 6.41. The Morgan fingerprint density at radius 1 is 1.29 bits per heavy atom. The smallest absolute Gasteiger partial charge is 0.0377 e. The number of benzene rings is 1. The number of nitrogens with two attached hydrogens (primary N) is 1. The lowest BCUT2D eigenvalue weighted by Crippen LogP contribution is -2.27. The van der Waals surface area contributed by atoms with Crippen molar-refractivity contribution >= 4 is 21.6 Å².